The van der Waals surface area contributed by atoms with Gasteiger partial charge in [0.15, 0.2) is 11.0 Å². The molecule has 2 aromatic heterocycles. The van der Waals surface area contributed by atoms with Crippen molar-refractivity contribution in [3.8, 4) is 11.4 Å². The minimum Gasteiger partial charge on any atom is -0.325 e. The highest BCUT2D eigenvalue weighted by Gasteiger charge is 2.31. The zero-order valence-electron chi connectivity index (χ0n) is 14.7. The Bertz CT molecular complexity index is 958. The van der Waals surface area contributed by atoms with E-state index in [1.807, 2.05) is 25.1 Å². The van der Waals surface area contributed by atoms with Crippen molar-refractivity contribution < 1.29 is 4.79 Å². The van der Waals surface area contributed by atoms with Crippen molar-refractivity contribution in [3.05, 3.63) is 53.8 Å². The number of carbonyl (C=O) groups excluding carboxylic acids is 1. The van der Waals surface area contributed by atoms with Gasteiger partial charge >= 0.3 is 0 Å². The molecule has 27 heavy (non-hydrogen) atoms. The van der Waals surface area contributed by atoms with Gasteiger partial charge in [0.05, 0.1) is 5.25 Å². The molecular weight excluding hydrogens is 382 g/mol. The van der Waals surface area contributed by atoms with Gasteiger partial charge in [-0.3, -0.25) is 14.3 Å². The van der Waals surface area contributed by atoms with E-state index in [-0.39, 0.29) is 11.2 Å². The molecular formula is C19H18ClN5OS. The molecule has 3 aromatic rings. The Hall–Kier alpha value is -2.38. The average molecular weight is 400 g/mol. The second-order valence-corrected chi connectivity index (χ2v) is 8.15. The summed E-state index contributed by atoms with van der Waals surface area (Å²) in [5, 5.41) is 12.6. The second kappa shape index (κ2) is 7.70. The number of halogens is 1. The maximum atomic E-state index is 12.6. The van der Waals surface area contributed by atoms with Crippen LogP contribution >= 0.6 is 23.4 Å². The van der Waals surface area contributed by atoms with E-state index in [4.69, 9.17) is 11.6 Å². The first-order valence-electron chi connectivity index (χ1n) is 8.70. The number of benzene rings is 1. The first kappa shape index (κ1) is 18.0. The van der Waals surface area contributed by atoms with Gasteiger partial charge in [0.25, 0.3) is 0 Å². The Balaban J connectivity index is 1.52. The summed E-state index contributed by atoms with van der Waals surface area (Å²) < 4.78 is 2.13. The van der Waals surface area contributed by atoms with Gasteiger partial charge in [-0.05, 0) is 50.1 Å². The lowest BCUT2D eigenvalue weighted by Crippen LogP contribution is -2.22. The van der Waals surface area contributed by atoms with Crippen molar-refractivity contribution >= 4 is 35.0 Å². The van der Waals surface area contributed by atoms with Crippen LogP contribution < -0.4 is 5.32 Å². The number of anilines is 1. The maximum Gasteiger partial charge on any atom is 0.237 e. The highest BCUT2D eigenvalue weighted by Crippen LogP contribution is 2.41. The van der Waals surface area contributed by atoms with Gasteiger partial charge < -0.3 is 5.32 Å². The Morgan fingerprint density at radius 3 is 2.85 bits per heavy atom. The molecule has 1 aliphatic rings. The van der Waals surface area contributed by atoms with Gasteiger partial charge in [0, 0.05) is 34.7 Å². The summed E-state index contributed by atoms with van der Waals surface area (Å²) in [5.74, 6) is 0.700. The third-order valence-corrected chi connectivity index (χ3v) is 5.53. The lowest BCUT2D eigenvalue weighted by atomic mass is 10.3. The normalized spacial score (nSPS) is 14.7. The molecule has 8 heteroatoms. The lowest BCUT2D eigenvalue weighted by Gasteiger charge is -2.13. The Labute approximate surface area is 166 Å². The molecule has 1 aliphatic carbocycles. The average Bonchev–Trinajstić information content (AvgIpc) is 3.42. The van der Waals surface area contributed by atoms with Crippen LogP contribution in [0.4, 0.5) is 5.69 Å². The number of nitrogens with one attached hydrogen (secondary N) is 1. The number of hydrogen-bond acceptors (Lipinski definition) is 5. The fourth-order valence-electron chi connectivity index (χ4n) is 2.73. The van der Waals surface area contributed by atoms with Gasteiger partial charge in [-0.1, -0.05) is 29.4 Å². The largest absolute Gasteiger partial charge is 0.325 e. The zero-order valence-corrected chi connectivity index (χ0v) is 16.2. The molecule has 1 amide bonds. The first-order valence-corrected chi connectivity index (χ1v) is 9.96. The first-order chi connectivity index (χ1) is 13.1. The maximum absolute atomic E-state index is 12.6. The van der Waals surface area contributed by atoms with Gasteiger partial charge in [-0.2, -0.15) is 0 Å². The number of amides is 1. The summed E-state index contributed by atoms with van der Waals surface area (Å²) in [7, 11) is 0. The van der Waals surface area contributed by atoms with E-state index >= 15 is 0 Å². The zero-order chi connectivity index (χ0) is 18.8. The summed E-state index contributed by atoms with van der Waals surface area (Å²) in [6.45, 7) is 1.86. The minimum absolute atomic E-state index is 0.101. The SMILES string of the molecule is C[C@H](Sc1nnc(-c2cccnc2)n1C1CC1)C(=O)Nc1cccc(Cl)c1. The molecule has 138 valence electrons. The number of nitrogens with zero attached hydrogens (tertiary/aromatic N) is 4. The minimum atomic E-state index is -0.326. The number of carbonyl (C=O) groups is 1. The van der Waals surface area contributed by atoms with Crippen LogP contribution in [-0.2, 0) is 4.79 Å². The fraction of sp³-hybridized carbons (Fsp3) is 0.263. The predicted octanol–water partition coefficient (Wildman–Crippen LogP) is 4.45. The fourth-order valence-corrected chi connectivity index (χ4v) is 3.84. The molecule has 0 aliphatic heterocycles. The number of aromatic nitrogens is 4. The van der Waals surface area contributed by atoms with Crippen molar-refractivity contribution in [1.82, 2.24) is 19.7 Å². The smallest absolute Gasteiger partial charge is 0.237 e. The van der Waals surface area contributed by atoms with E-state index in [2.05, 4.69) is 25.1 Å². The van der Waals surface area contributed by atoms with Crippen LogP contribution in [0.15, 0.2) is 53.9 Å². The highest BCUT2D eigenvalue weighted by molar-refractivity contribution is 8.00. The van der Waals surface area contributed by atoms with Crippen molar-refractivity contribution in [1.29, 1.82) is 0 Å². The molecule has 0 bridgehead atoms. The Morgan fingerprint density at radius 2 is 2.15 bits per heavy atom. The van der Waals surface area contributed by atoms with E-state index in [0.717, 1.165) is 29.4 Å². The Morgan fingerprint density at radius 1 is 1.30 bits per heavy atom. The highest BCUT2D eigenvalue weighted by atomic mass is 35.5. The van der Waals surface area contributed by atoms with Gasteiger partial charge in [0.1, 0.15) is 0 Å². The number of thioether (sulfide) groups is 1. The molecule has 2 heterocycles. The lowest BCUT2D eigenvalue weighted by molar-refractivity contribution is -0.115. The summed E-state index contributed by atoms with van der Waals surface area (Å²) in [5.41, 5.74) is 1.61. The van der Waals surface area contributed by atoms with Crippen LogP contribution in [0.1, 0.15) is 25.8 Å². The van der Waals surface area contributed by atoms with E-state index in [1.165, 1.54) is 11.8 Å². The molecule has 4 rings (SSSR count). The van der Waals surface area contributed by atoms with Crippen LogP contribution in [0.5, 0.6) is 0 Å². The molecule has 1 N–H and O–H groups in total. The molecule has 0 spiro atoms. The third kappa shape index (κ3) is 4.14. The van der Waals surface area contributed by atoms with Crippen LogP contribution in [0.2, 0.25) is 5.02 Å². The summed E-state index contributed by atoms with van der Waals surface area (Å²) >= 11 is 7.39. The molecule has 0 saturated heterocycles. The molecule has 0 radical (unpaired) electrons. The van der Waals surface area contributed by atoms with E-state index in [9.17, 15) is 4.79 Å². The quantitative estimate of drug-likeness (QED) is 0.620. The summed E-state index contributed by atoms with van der Waals surface area (Å²) in [6.07, 6.45) is 5.72. The van der Waals surface area contributed by atoms with Crippen molar-refractivity contribution in [3.63, 3.8) is 0 Å². The van der Waals surface area contributed by atoms with Gasteiger partial charge in [-0.15, -0.1) is 10.2 Å². The van der Waals surface area contributed by atoms with E-state index in [0.29, 0.717) is 16.8 Å². The van der Waals surface area contributed by atoms with Crippen LogP contribution in [0, 0.1) is 0 Å². The molecule has 1 saturated carbocycles. The summed E-state index contributed by atoms with van der Waals surface area (Å²) in [4.78, 5) is 16.7. The molecule has 1 atom stereocenters. The standard InChI is InChI=1S/C19H18ClN5OS/c1-12(18(26)22-15-6-2-5-14(20)10-15)27-19-24-23-17(25(19)16-7-8-16)13-4-3-9-21-11-13/h2-6,9-12,16H,7-8H2,1H3,(H,22,26)/t12-/m0/s1. The Kier molecular flexibility index (Phi) is 5.13. The van der Waals surface area contributed by atoms with Crippen LogP contribution in [0.3, 0.4) is 0 Å². The monoisotopic (exact) mass is 399 g/mol. The second-order valence-electron chi connectivity index (χ2n) is 6.41. The molecule has 0 unspecified atom stereocenters. The molecule has 1 fully saturated rings. The number of hydrogen-bond donors (Lipinski definition) is 1. The van der Waals surface area contributed by atoms with Crippen molar-refractivity contribution in [2.75, 3.05) is 5.32 Å². The third-order valence-electron chi connectivity index (χ3n) is 4.24. The predicted molar refractivity (Wildman–Crippen MR) is 107 cm³/mol. The summed E-state index contributed by atoms with van der Waals surface area (Å²) in [6, 6.07) is 11.4. The van der Waals surface area contributed by atoms with Gasteiger partial charge in [-0.25, -0.2) is 0 Å². The topological polar surface area (TPSA) is 72.7 Å². The van der Waals surface area contributed by atoms with Gasteiger partial charge in [0.2, 0.25) is 5.91 Å². The number of rotatable bonds is 6. The van der Waals surface area contributed by atoms with E-state index in [1.54, 1.807) is 30.6 Å². The molecule has 1 aromatic carbocycles. The number of pyridine rings is 1. The van der Waals surface area contributed by atoms with Crippen molar-refractivity contribution in [2.24, 2.45) is 0 Å². The van der Waals surface area contributed by atoms with E-state index < -0.39 is 0 Å². The van der Waals surface area contributed by atoms with Crippen molar-refractivity contribution in [2.45, 2.75) is 36.2 Å². The molecule has 6 nitrogen and oxygen atoms in total. The van der Waals surface area contributed by atoms with Crippen LogP contribution in [0.25, 0.3) is 11.4 Å². The van der Waals surface area contributed by atoms with Crippen LogP contribution in [-0.4, -0.2) is 30.9 Å².